The SMILES string of the molecule is Cc1ccc(C(=O)O[C@H]2CC[C@@]3(C)C(=CC[C@@H]4[C@@H]3CC[C@]3(C)/C(=N/O)CC[C@@H]43)C2)cc1. The van der Waals surface area contributed by atoms with Crippen LogP contribution in [0.5, 0.6) is 0 Å². The molecule has 4 aliphatic carbocycles. The molecule has 0 unspecified atom stereocenters. The fourth-order valence-corrected chi connectivity index (χ4v) is 7.59. The minimum Gasteiger partial charge on any atom is -0.458 e. The molecule has 3 saturated carbocycles. The van der Waals surface area contributed by atoms with Crippen molar-refractivity contribution in [2.24, 2.45) is 33.7 Å². The van der Waals surface area contributed by atoms with Gasteiger partial charge in [-0.2, -0.15) is 0 Å². The van der Waals surface area contributed by atoms with Crippen LogP contribution in [0.2, 0.25) is 0 Å². The Bertz CT molecular complexity index is 932. The van der Waals surface area contributed by atoms with Crippen LogP contribution in [-0.4, -0.2) is 23.0 Å². The highest BCUT2D eigenvalue weighted by Gasteiger charge is 2.58. The van der Waals surface area contributed by atoms with E-state index in [-0.39, 0.29) is 22.9 Å². The summed E-state index contributed by atoms with van der Waals surface area (Å²) >= 11 is 0. The minimum atomic E-state index is -0.196. The Balaban J connectivity index is 1.32. The van der Waals surface area contributed by atoms with Crippen LogP contribution in [0.15, 0.2) is 41.1 Å². The number of esters is 1. The largest absolute Gasteiger partial charge is 0.458 e. The number of aryl methyl sites for hydroxylation is 1. The topological polar surface area (TPSA) is 58.9 Å². The Morgan fingerprint density at radius 2 is 1.77 bits per heavy atom. The predicted octanol–water partition coefficient (Wildman–Crippen LogP) is 6.31. The number of allylic oxidation sites excluding steroid dienone is 1. The van der Waals surface area contributed by atoms with Crippen molar-refractivity contribution in [1.29, 1.82) is 0 Å². The molecule has 0 bridgehead atoms. The fourth-order valence-electron chi connectivity index (χ4n) is 7.59. The fraction of sp³-hybridized carbons (Fsp3) is 0.630. The molecule has 0 amide bonds. The van der Waals surface area contributed by atoms with Crippen LogP contribution in [0.4, 0.5) is 0 Å². The van der Waals surface area contributed by atoms with Gasteiger partial charge < -0.3 is 9.94 Å². The van der Waals surface area contributed by atoms with Gasteiger partial charge in [-0.05, 0) is 87.2 Å². The second kappa shape index (κ2) is 7.50. The van der Waals surface area contributed by atoms with Crippen LogP contribution < -0.4 is 0 Å². The molecule has 4 heteroatoms. The molecular formula is C27H35NO3. The van der Waals surface area contributed by atoms with Gasteiger partial charge in [0.1, 0.15) is 6.10 Å². The number of hydrogen-bond acceptors (Lipinski definition) is 4. The highest BCUT2D eigenvalue weighted by Crippen LogP contribution is 2.64. The molecule has 0 radical (unpaired) electrons. The molecule has 0 aromatic heterocycles. The quantitative estimate of drug-likeness (QED) is 0.263. The van der Waals surface area contributed by atoms with Gasteiger partial charge in [-0.1, -0.05) is 48.3 Å². The standard InChI is InChI=1S/C27H35NO3/c1-17-4-6-18(7-5-17)25(29)31-20-12-14-26(2)19(16-20)8-9-21-22-10-11-24(28-30)27(22,3)15-13-23(21)26/h4-8,20-23,30H,9-16H2,1-3H3/b28-24+/t20-,21-,22-,23-,26-,27-/m0/s1. The van der Waals surface area contributed by atoms with E-state index in [0.29, 0.717) is 23.3 Å². The second-order valence-corrected chi connectivity index (χ2v) is 10.9. The molecule has 6 atom stereocenters. The van der Waals surface area contributed by atoms with E-state index in [1.165, 1.54) is 12.0 Å². The summed E-state index contributed by atoms with van der Waals surface area (Å²) in [6.07, 6.45) is 10.9. The van der Waals surface area contributed by atoms with Crippen LogP contribution in [0.25, 0.3) is 0 Å². The molecule has 0 saturated heterocycles. The summed E-state index contributed by atoms with van der Waals surface area (Å²) in [7, 11) is 0. The van der Waals surface area contributed by atoms with Crippen molar-refractivity contribution in [1.82, 2.24) is 0 Å². The Labute approximate surface area is 185 Å². The van der Waals surface area contributed by atoms with E-state index in [1.54, 1.807) is 0 Å². The molecule has 1 aromatic rings. The third-order valence-corrected chi connectivity index (χ3v) is 9.48. The Morgan fingerprint density at radius 1 is 1.06 bits per heavy atom. The zero-order valence-corrected chi connectivity index (χ0v) is 19.1. The molecule has 0 spiro atoms. The zero-order chi connectivity index (χ0) is 21.8. The second-order valence-electron chi connectivity index (χ2n) is 10.9. The minimum absolute atomic E-state index is 0.0156. The lowest BCUT2D eigenvalue weighted by Gasteiger charge is -2.57. The molecular weight excluding hydrogens is 386 g/mol. The first-order chi connectivity index (χ1) is 14.8. The smallest absolute Gasteiger partial charge is 0.338 e. The lowest BCUT2D eigenvalue weighted by Crippen LogP contribution is -2.50. The summed E-state index contributed by atoms with van der Waals surface area (Å²) in [5.41, 5.74) is 4.64. The van der Waals surface area contributed by atoms with Crippen molar-refractivity contribution in [3.63, 3.8) is 0 Å². The van der Waals surface area contributed by atoms with E-state index in [2.05, 4.69) is 25.1 Å². The maximum absolute atomic E-state index is 12.6. The summed E-state index contributed by atoms with van der Waals surface area (Å²) < 4.78 is 5.94. The van der Waals surface area contributed by atoms with E-state index in [1.807, 2.05) is 31.2 Å². The van der Waals surface area contributed by atoms with Gasteiger partial charge in [0.2, 0.25) is 0 Å². The maximum Gasteiger partial charge on any atom is 0.338 e. The van der Waals surface area contributed by atoms with Crippen molar-refractivity contribution in [2.75, 3.05) is 0 Å². The van der Waals surface area contributed by atoms with E-state index < -0.39 is 0 Å². The predicted molar refractivity (Wildman–Crippen MR) is 121 cm³/mol. The first-order valence-electron chi connectivity index (χ1n) is 12.0. The molecule has 4 nitrogen and oxygen atoms in total. The normalized spacial score (nSPS) is 40.5. The van der Waals surface area contributed by atoms with Gasteiger partial charge >= 0.3 is 5.97 Å². The molecule has 0 aliphatic heterocycles. The lowest BCUT2D eigenvalue weighted by atomic mass is 9.48. The van der Waals surface area contributed by atoms with E-state index >= 15 is 0 Å². The Kier molecular flexibility index (Phi) is 5.02. The highest BCUT2D eigenvalue weighted by atomic mass is 16.5. The van der Waals surface area contributed by atoms with Gasteiger partial charge in [-0.15, -0.1) is 0 Å². The van der Waals surface area contributed by atoms with E-state index in [0.717, 1.165) is 56.2 Å². The number of carbonyl (C=O) groups is 1. The molecule has 1 N–H and O–H groups in total. The number of benzene rings is 1. The zero-order valence-electron chi connectivity index (χ0n) is 19.1. The number of rotatable bonds is 2. The molecule has 1 aromatic carbocycles. The molecule has 3 fully saturated rings. The highest BCUT2D eigenvalue weighted by molar-refractivity contribution is 5.92. The van der Waals surface area contributed by atoms with Crippen molar-refractivity contribution in [3.05, 3.63) is 47.0 Å². The van der Waals surface area contributed by atoms with Gasteiger partial charge in [0.05, 0.1) is 11.3 Å². The average Bonchev–Trinajstić information content (AvgIpc) is 3.10. The first-order valence-corrected chi connectivity index (χ1v) is 12.0. The third-order valence-electron chi connectivity index (χ3n) is 9.48. The maximum atomic E-state index is 12.6. The number of carbonyl (C=O) groups excluding carboxylic acids is 1. The lowest BCUT2D eigenvalue weighted by molar-refractivity contribution is -0.0287. The molecule has 4 aliphatic rings. The van der Waals surface area contributed by atoms with Crippen LogP contribution in [-0.2, 0) is 4.74 Å². The van der Waals surface area contributed by atoms with Gasteiger partial charge in [0, 0.05) is 11.8 Å². The van der Waals surface area contributed by atoms with Gasteiger partial charge in [0.15, 0.2) is 0 Å². The summed E-state index contributed by atoms with van der Waals surface area (Å²) in [5.74, 6) is 1.80. The Hall–Kier alpha value is -2.10. The van der Waals surface area contributed by atoms with Crippen LogP contribution >= 0.6 is 0 Å². The molecule has 0 heterocycles. The average molecular weight is 422 g/mol. The van der Waals surface area contributed by atoms with Gasteiger partial charge in [0.25, 0.3) is 0 Å². The van der Waals surface area contributed by atoms with E-state index in [9.17, 15) is 10.0 Å². The number of fused-ring (bicyclic) bond motifs is 5. The monoisotopic (exact) mass is 421 g/mol. The summed E-state index contributed by atoms with van der Waals surface area (Å²) in [6, 6.07) is 7.65. The third kappa shape index (κ3) is 3.25. The summed E-state index contributed by atoms with van der Waals surface area (Å²) in [4.78, 5) is 12.6. The van der Waals surface area contributed by atoms with Crippen LogP contribution in [0.3, 0.4) is 0 Å². The molecule has 31 heavy (non-hydrogen) atoms. The number of ether oxygens (including phenoxy) is 1. The van der Waals surface area contributed by atoms with Crippen molar-refractivity contribution in [3.8, 4) is 0 Å². The summed E-state index contributed by atoms with van der Waals surface area (Å²) in [6.45, 7) is 6.82. The Morgan fingerprint density at radius 3 is 2.52 bits per heavy atom. The van der Waals surface area contributed by atoms with E-state index in [4.69, 9.17) is 4.74 Å². The van der Waals surface area contributed by atoms with Crippen molar-refractivity contribution in [2.45, 2.75) is 78.2 Å². The van der Waals surface area contributed by atoms with Crippen LogP contribution in [0.1, 0.15) is 81.1 Å². The molecule has 5 rings (SSSR count). The summed E-state index contributed by atoms with van der Waals surface area (Å²) in [5, 5.41) is 13.2. The van der Waals surface area contributed by atoms with Gasteiger partial charge in [-0.3, -0.25) is 0 Å². The molecule has 166 valence electrons. The number of oxime groups is 1. The number of hydrogen-bond donors (Lipinski definition) is 1. The first kappa shape index (κ1) is 20.8. The van der Waals surface area contributed by atoms with Gasteiger partial charge in [-0.25, -0.2) is 4.79 Å². The number of nitrogens with zero attached hydrogens (tertiary/aromatic N) is 1. The van der Waals surface area contributed by atoms with Crippen LogP contribution in [0, 0.1) is 35.5 Å². The van der Waals surface area contributed by atoms with Crippen molar-refractivity contribution >= 4 is 11.7 Å². The van der Waals surface area contributed by atoms with Crippen molar-refractivity contribution < 1.29 is 14.7 Å².